The van der Waals surface area contributed by atoms with E-state index in [0.717, 1.165) is 13.8 Å². The van der Waals surface area contributed by atoms with Gasteiger partial charge >= 0.3 is 23.7 Å². The average molecular weight is 320 g/mol. The number of ether oxygens (including phenoxy) is 4. The number of rotatable bonds is 6. The van der Waals surface area contributed by atoms with Gasteiger partial charge in [-0.25, -0.2) is 4.79 Å². The Balaban J connectivity index is 3.24. The van der Waals surface area contributed by atoms with Crippen molar-refractivity contribution in [3.05, 3.63) is 11.5 Å². The van der Waals surface area contributed by atoms with E-state index in [0.29, 0.717) is 0 Å². The third-order valence-corrected chi connectivity index (χ3v) is 2.50. The molecule has 0 saturated heterocycles. The smallest absolute Gasteiger partial charge is 0.378 e. The van der Waals surface area contributed by atoms with Gasteiger partial charge in [0.1, 0.15) is 0 Å². The molecule has 0 aromatic heterocycles. The lowest BCUT2D eigenvalue weighted by molar-refractivity contribution is -0.329. The molecule has 0 fully saturated rings. The first kappa shape index (κ1) is 17.7. The molecule has 1 unspecified atom stereocenters. The Morgan fingerprint density at radius 1 is 1.36 bits per heavy atom. The summed E-state index contributed by atoms with van der Waals surface area (Å²) in [4.78, 5) is 33.4. The van der Waals surface area contributed by atoms with Crippen molar-refractivity contribution in [3.8, 4) is 0 Å². The molecule has 1 heterocycles. The Morgan fingerprint density at radius 3 is 2.41 bits per heavy atom. The fourth-order valence-electron chi connectivity index (χ4n) is 1.72. The van der Waals surface area contributed by atoms with E-state index in [-0.39, 0.29) is 6.61 Å². The standard InChI is InChI=1S/C12H16O10/c1-4-19-8-7(15)10(16)21-9(8)12(18,22-6(3)14)11(17)20-5(2)13/h9,11,15,17-18H,4H2,1-3H3/t9-,11?,12-/m0/s1. The molecule has 10 heteroatoms. The van der Waals surface area contributed by atoms with Gasteiger partial charge in [0, 0.05) is 13.8 Å². The molecule has 1 rings (SSSR count). The van der Waals surface area contributed by atoms with Gasteiger partial charge in [0.05, 0.1) is 6.61 Å². The maximum atomic E-state index is 11.4. The van der Waals surface area contributed by atoms with E-state index >= 15 is 0 Å². The quantitative estimate of drug-likeness (QED) is 0.311. The molecule has 124 valence electrons. The van der Waals surface area contributed by atoms with Crippen molar-refractivity contribution < 1.29 is 48.7 Å². The summed E-state index contributed by atoms with van der Waals surface area (Å²) >= 11 is 0. The van der Waals surface area contributed by atoms with Crippen LogP contribution in [0, 0.1) is 0 Å². The lowest BCUT2D eigenvalue weighted by Gasteiger charge is -2.34. The van der Waals surface area contributed by atoms with E-state index in [9.17, 15) is 29.7 Å². The van der Waals surface area contributed by atoms with Crippen molar-refractivity contribution in [1.29, 1.82) is 0 Å². The van der Waals surface area contributed by atoms with Crippen molar-refractivity contribution in [2.45, 2.75) is 39.0 Å². The second-order valence-corrected chi connectivity index (χ2v) is 4.24. The van der Waals surface area contributed by atoms with Crippen LogP contribution in [0.15, 0.2) is 11.5 Å². The number of esters is 3. The first-order chi connectivity index (χ1) is 10.1. The van der Waals surface area contributed by atoms with Crippen molar-refractivity contribution in [2.75, 3.05) is 6.61 Å². The van der Waals surface area contributed by atoms with Gasteiger partial charge in [-0.1, -0.05) is 0 Å². The number of carbonyl (C=O) groups excluding carboxylic acids is 3. The number of aliphatic hydroxyl groups excluding tert-OH is 2. The van der Waals surface area contributed by atoms with E-state index in [2.05, 4.69) is 14.2 Å². The van der Waals surface area contributed by atoms with Crippen LogP contribution in [0.1, 0.15) is 20.8 Å². The summed E-state index contributed by atoms with van der Waals surface area (Å²) in [5.41, 5.74) is 0. The molecule has 0 saturated carbocycles. The lowest BCUT2D eigenvalue weighted by atomic mass is 10.1. The summed E-state index contributed by atoms with van der Waals surface area (Å²) in [5.74, 6) is -7.88. The van der Waals surface area contributed by atoms with Gasteiger partial charge in [0.15, 0.2) is 5.76 Å². The minimum atomic E-state index is -3.00. The van der Waals surface area contributed by atoms with E-state index in [4.69, 9.17) is 4.74 Å². The van der Waals surface area contributed by atoms with E-state index < -0.39 is 47.6 Å². The molecule has 22 heavy (non-hydrogen) atoms. The Hall–Kier alpha value is -2.33. The van der Waals surface area contributed by atoms with Crippen LogP contribution in [0.3, 0.4) is 0 Å². The van der Waals surface area contributed by atoms with Gasteiger partial charge in [-0.2, -0.15) is 0 Å². The topological polar surface area (TPSA) is 149 Å². The number of aliphatic hydroxyl groups is 3. The first-order valence-corrected chi connectivity index (χ1v) is 6.17. The molecule has 3 N–H and O–H groups in total. The predicted molar refractivity (Wildman–Crippen MR) is 65.6 cm³/mol. The fraction of sp³-hybridized carbons (Fsp3) is 0.583. The van der Waals surface area contributed by atoms with Crippen molar-refractivity contribution >= 4 is 17.9 Å². The minimum absolute atomic E-state index is 0.0354. The molecule has 10 nitrogen and oxygen atoms in total. The number of carbonyl (C=O) groups is 3. The third kappa shape index (κ3) is 3.46. The minimum Gasteiger partial charge on any atom is -0.499 e. The fourth-order valence-corrected chi connectivity index (χ4v) is 1.72. The predicted octanol–water partition coefficient (Wildman–Crippen LogP) is -1.15. The van der Waals surface area contributed by atoms with Crippen molar-refractivity contribution in [3.63, 3.8) is 0 Å². The van der Waals surface area contributed by atoms with Crippen LogP contribution in [0.5, 0.6) is 0 Å². The van der Waals surface area contributed by atoms with Crippen LogP contribution >= 0.6 is 0 Å². The van der Waals surface area contributed by atoms with Crippen LogP contribution in [-0.2, 0) is 33.3 Å². The molecule has 0 aromatic rings. The Kier molecular flexibility index (Phi) is 5.33. The van der Waals surface area contributed by atoms with E-state index in [1.165, 1.54) is 6.92 Å². The molecule has 0 aromatic carbocycles. The average Bonchev–Trinajstić information content (AvgIpc) is 2.66. The van der Waals surface area contributed by atoms with Crippen LogP contribution in [0.4, 0.5) is 0 Å². The SMILES string of the molecule is CCOC1=C(O)C(=O)O[C@@H]1[C@](O)(OC(C)=O)C(O)OC(C)=O. The summed E-state index contributed by atoms with van der Waals surface area (Å²) in [5, 5.41) is 29.7. The maximum absolute atomic E-state index is 11.4. The van der Waals surface area contributed by atoms with Crippen molar-refractivity contribution in [1.82, 2.24) is 0 Å². The highest BCUT2D eigenvalue weighted by molar-refractivity contribution is 5.89. The van der Waals surface area contributed by atoms with Gasteiger partial charge in [0.25, 0.3) is 6.29 Å². The molecule has 1 aliphatic rings. The Bertz CT molecular complexity index is 510. The molecule has 1 aliphatic heterocycles. The van der Waals surface area contributed by atoms with Gasteiger partial charge < -0.3 is 34.3 Å². The molecular formula is C12H16O10. The Morgan fingerprint density at radius 2 is 1.95 bits per heavy atom. The molecule has 0 spiro atoms. The second kappa shape index (κ2) is 6.62. The normalized spacial score (nSPS) is 21.7. The molecular weight excluding hydrogens is 304 g/mol. The summed E-state index contributed by atoms with van der Waals surface area (Å²) < 4.78 is 18.5. The van der Waals surface area contributed by atoms with Crippen LogP contribution < -0.4 is 0 Å². The second-order valence-electron chi connectivity index (χ2n) is 4.24. The summed E-state index contributed by atoms with van der Waals surface area (Å²) in [6, 6.07) is 0. The maximum Gasteiger partial charge on any atom is 0.378 e. The third-order valence-electron chi connectivity index (χ3n) is 2.50. The van der Waals surface area contributed by atoms with Gasteiger partial charge in [-0.3, -0.25) is 9.59 Å². The van der Waals surface area contributed by atoms with Crippen LogP contribution in [-0.4, -0.2) is 58.0 Å². The van der Waals surface area contributed by atoms with E-state index in [1.54, 1.807) is 0 Å². The van der Waals surface area contributed by atoms with Crippen LogP contribution in [0.2, 0.25) is 0 Å². The lowest BCUT2D eigenvalue weighted by Crippen LogP contribution is -2.57. The largest absolute Gasteiger partial charge is 0.499 e. The van der Waals surface area contributed by atoms with Gasteiger partial charge in [0.2, 0.25) is 11.9 Å². The number of hydrogen-bond acceptors (Lipinski definition) is 10. The molecule has 0 aliphatic carbocycles. The summed E-state index contributed by atoms with van der Waals surface area (Å²) in [6.45, 7) is 3.29. The first-order valence-electron chi connectivity index (χ1n) is 6.17. The van der Waals surface area contributed by atoms with Crippen molar-refractivity contribution in [2.24, 2.45) is 0 Å². The zero-order valence-corrected chi connectivity index (χ0v) is 12.1. The molecule has 0 amide bonds. The molecule has 0 radical (unpaired) electrons. The number of hydrogen-bond donors (Lipinski definition) is 3. The highest BCUT2D eigenvalue weighted by Gasteiger charge is 2.58. The van der Waals surface area contributed by atoms with Gasteiger partial charge in [-0.15, -0.1) is 0 Å². The van der Waals surface area contributed by atoms with E-state index in [1.807, 2.05) is 0 Å². The zero-order valence-electron chi connectivity index (χ0n) is 12.1. The van der Waals surface area contributed by atoms with Crippen LogP contribution in [0.25, 0.3) is 0 Å². The molecule has 0 bridgehead atoms. The highest BCUT2D eigenvalue weighted by Crippen LogP contribution is 2.34. The van der Waals surface area contributed by atoms with Gasteiger partial charge in [-0.05, 0) is 6.92 Å². The Labute approximate surface area is 124 Å². The zero-order chi connectivity index (χ0) is 17.1. The monoisotopic (exact) mass is 320 g/mol. The highest BCUT2D eigenvalue weighted by atomic mass is 16.7. The summed E-state index contributed by atoms with van der Waals surface area (Å²) in [7, 11) is 0. The molecule has 3 atom stereocenters. The summed E-state index contributed by atoms with van der Waals surface area (Å²) in [6.07, 6.45) is -4.31. The number of cyclic esters (lactones) is 1.